The average molecular weight is 277 g/mol. The van der Waals surface area contributed by atoms with Gasteiger partial charge in [-0.05, 0) is 35.9 Å². The largest absolute Gasteiger partial charge is 0.453 e. The molecule has 2 rings (SSSR count). The van der Waals surface area contributed by atoms with Crippen LogP contribution in [0.15, 0.2) is 57.1 Å². The zero-order valence-electron chi connectivity index (χ0n) is 9.58. The molecule has 0 N–H and O–H groups in total. The monoisotopic (exact) mass is 277 g/mol. The van der Waals surface area contributed by atoms with E-state index in [1.807, 2.05) is 0 Å². The van der Waals surface area contributed by atoms with Crippen molar-refractivity contribution in [2.45, 2.75) is 5.09 Å². The van der Waals surface area contributed by atoms with E-state index in [0.717, 1.165) is 6.08 Å². The Labute approximate surface area is 109 Å². The highest BCUT2D eigenvalue weighted by Gasteiger charge is 2.23. The summed E-state index contributed by atoms with van der Waals surface area (Å²) in [6.45, 7) is 0. The highest BCUT2D eigenvalue weighted by atomic mass is 32.2. The molecule has 1 heterocycles. The summed E-state index contributed by atoms with van der Waals surface area (Å²) in [4.78, 5) is -0.464. The summed E-state index contributed by atoms with van der Waals surface area (Å²) in [6.07, 6.45) is 2.37. The lowest BCUT2D eigenvalue weighted by atomic mass is 10.2. The Morgan fingerprint density at radius 1 is 1.26 bits per heavy atom. The standard InChI is InChI=1S/C13H8FNO3S/c14-11-5-3-10(4-6-11)8-12(9-15)19(16,17)13-2-1-7-18-13/h1-8H. The van der Waals surface area contributed by atoms with Gasteiger partial charge in [0.05, 0.1) is 6.26 Å². The lowest BCUT2D eigenvalue weighted by Crippen LogP contribution is -2.02. The zero-order valence-corrected chi connectivity index (χ0v) is 10.4. The minimum Gasteiger partial charge on any atom is -0.453 e. The molecule has 0 fully saturated rings. The molecule has 0 aliphatic carbocycles. The number of rotatable bonds is 3. The number of nitrogens with zero attached hydrogens (tertiary/aromatic N) is 1. The molecule has 2 aromatic rings. The third kappa shape index (κ3) is 2.72. The average Bonchev–Trinajstić information content (AvgIpc) is 2.92. The molecule has 0 aliphatic rings. The first-order valence-electron chi connectivity index (χ1n) is 5.20. The van der Waals surface area contributed by atoms with Gasteiger partial charge in [0.15, 0.2) is 4.91 Å². The van der Waals surface area contributed by atoms with Crippen molar-refractivity contribution in [3.63, 3.8) is 0 Å². The second kappa shape index (κ2) is 5.08. The smallest absolute Gasteiger partial charge is 0.249 e. The predicted octanol–water partition coefficient (Wildman–Crippen LogP) is 2.76. The molecule has 0 spiro atoms. The maximum absolute atomic E-state index is 12.7. The van der Waals surface area contributed by atoms with E-state index in [-0.39, 0.29) is 5.09 Å². The first-order chi connectivity index (χ1) is 9.04. The highest BCUT2D eigenvalue weighted by molar-refractivity contribution is 7.95. The number of halogens is 1. The van der Waals surface area contributed by atoms with Gasteiger partial charge in [-0.2, -0.15) is 5.26 Å². The van der Waals surface area contributed by atoms with E-state index in [0.29, 0.717) is 5.56 Å². The number of nitriles is 1. The van der Waals surface area contributed by atoms with E-state index in [1.165, 1.54) is 42.7 Å². The van der Waals surface area contributed by atoms with Gasteiger partial charge in [0.2, 0.25) is 14.9 Å². The van der Waals surface area contributed by atoms with E-state index in [1.54, 1.807) is 6.07 Å². The van der Waals surface area contributed by atoms with Gasteiger partial charge in [-0.15, -0.1) is 0 Å². The fraction of sp³-hybridized carbons (Fsp3) is 0. The van der Waals surface area contributed by atoms with Crippen LogP contribution in [0.3, 0.4) is 0 Å². The number of benzene rings is 1. The summed E-state index contributed by atoms with van der Waals surface area (Å²) >= 11 is 0. The molecule has 1 aromatic heterocycles. The lowest BCUT2D eigenvalue weighted by Gasteiger charge is -1.99. The number of hydrogen-bond donors (Lipinski definition) is 0. The summed E-state index contributed by atoms with van der Waals surface area (Å²) in [5.41, 5.74) is 0.410. The molecule has 0 saturated carbocycles. The summed E-state index contributed by atoms with van der Waals surface area (Å²) in [5, 5.41) is 8.66. The molecule has 4 nitrogen and oxygen atoms in total. The van der Waals surface area contributed by atoms with Gasteiger partial charge in [0.1, 0.15) is 11.9 Å². The third-order valence-electron chi connectivity index (χ3n) is 2.33. The molecule has 0 radical (unpaired) electrons. The number of furan rings is 1. The fourth-order valence-corrected chi connectivity index (χ4v) is 2.47. The Hall–Kier alpha value is -2.39. The SMILES string of the molecule is N#CC(=Cc1ccc(F)cc1)S(=O)(=O)c1ccco1. The Morgan fingerprint density at radius 2 is 1.95 bits per heavy atom. The van der Waals surface area contributed by atoms with Gasteiger partial charge >= 0.3 is 0 Å². The Bertz CT molecular complexity index is 738. The van der Waals surface area contributed by atoms with Crippen molar-refractivity contribution < 1.29 is 17.2 Å². The highest BCUT2D eigenvalue weighted by Crippen LogP contribution is 2.21. The molecule has 19 heavy (non-hydrogen) atoms. The Balaban J connectivity index is 2.47. The fourth-order valence-electron chi connectivity index (χ4n) is 1.41. The molecule has 0 atom stereocenters. The maximum atomic E-state index is 12.7. The number of sulfone groups is 1. The van der Waals surface area contributed by atoms with Crippen molar-refractivity contribution in [2.75, 3.05) is 0 Å². The van der Waals surface area contributed by atoms with E-state index in [4.69, 9.17) is 9.68 Å². The summed E-state index contributed by atoms with van der Waals surface area (Å²) < 4.78 is 41.6. The van der Waals surface area contributed by atoms with Crippen LogP contribution in [0.25, 0.3) is 6.08 Å². The molecule has 0 bridgehead atoms. The predicted molar refractivity (Wildman–Crippen MR) is 65.9 cm³/mol. The Morgan fingerprint density at radius 3 is 2.47 bits per heavy atom. The van der Waals surface area contributed by atoms with Crippen molar-refractivity contribution >= 4 is 15.9 Å². The quantitative estimate of drug-likeness (QED) is 0.809. The zero-order chi connectivity index (χ0) is 13.9. The number of allylic oxidation sites excluding steroid dienone is 1. The second-order valence-corrected chi connectivity index (χ2v) is 5.46. The molecule has 0 aliphatic heterocycles. The molecular formula is C13H8FNO3S. The second-order valence-electron chi connectivity index (χ2n) is 3.61. The van der Waals surface area contributed by atoms with Crippen LogP contribution in [0.1, 0.15) is 5.56 Å². The topological polar surface area (TPSA) is 71.1 Å². The van der Waals surface area contributed by atoms with Crippen LogP contribution in [0.4, 0.5) is 4.39 Å². The molecule has 96 valence electrons. The maximum Gasteiger partial charge on any atom is 0.249 e. The van der Waals surface area contributed by atoms with Crippen LogP contribution in [0, 0.1) is 17.1 Å². The van der Waals surface area contributed by atoms with Crippen LogP contribution >= 0.6 is 0 Å². The third-order valence-corrected chi connectivity index (χ3v) is 3.88. The van der Waals surface area contributed by atoms with E-state index >= 15 is 0 Å². The molecule has 0 saturated heterocycles. The molecule has 6 heteroatoms. The van der Waals surface area contributed by atoms with Crippen LogP contribution in [0.2, 0.25) is 0 Å². The number of hydrogen-bond acceptors (Lipinski definition) is 4. The van der Waals surface area contributed by atoms with Crippen LogP contribution < -0.4 is 0 Å². The van der Waals surface area contributed by atoms with Crippen molar-refractivity contribution in [2.24, 2.45) is 0 Å². The normalized spacial score (nSPS) is 12.1. The van der Waals surface area contributed by atoms with Gasteiger partial charge < -0.3 is 4.42 Å². The van der Waals surface area contributed by atoms with Gasteiger partial charge in [-0.1, -0.05) is 12.1 Å². The van der Waals surface area contributed by atoms with Crippen molar-refractivity contribution in [1.82, 2.24) is 0 Å². The minimum atomic E-state index is -3.98. The van der Waals surface area contributed by atoms with Crippen molar-refractivity contribution in [3.8, 4) is 6.07 Å². The summed E-state index contributed by atoms with van der Waals surface area (Å²) in [7, 11) is -3.98. The van der Waals surface area contributed by atoms with Crippen LogP contribution in [0.5, 0.6) is 0 Å². The Kier molecular flexibility index (Phi) is 3.49. The van der Waals surface area contributed by atoms with Gasteiger partial charge in [0.25, 0.3) is 0 Å². The lowest BCUT2D eigenvalue weighted by molar-refractivity contribution is 0.452. The first-order valence-corrected chi connectivity index (χ1v) is 6.68. The van der Waals surface area contributed by atoms with Gasteiger partial charge in [-0.3, -0.25) is 0 Å². The van der Waals surface area contributed by atoms with Crippen LogP contribution in [-0.4, -0.2) is 8.42 Å². The summed E-state index contributed by atoms with van der Waals surface area (Å²) in [5.74, 6) is -0.440. The van der Waals surface area contributed by atoms with E-state index in [9.17, 15) is 12.8 Å². The van der Waals surface area contributed by atoms with E-state index in [2.05, 4.69) is 0 Å². The summed E-state index contributed by atoms with van der Waals surface area (Å²) in [6, 6.07) is 9.41. The van der Waals surface area contributed by atoms with Crippen molar-refractivity contribution in [1.29, 1.82) is 5.26 Å². The van der Waals surface area contributed by atoms with Crippen molar-refractivity contribution in [3.05, 3.63) is 58.9 Å². The molecular weight excluding hydrogens is 269 g/mol. The molecule has 0 amide bonds. The minimum absolute atomic E-state index is 0.303. The van der Waals surface area contributed by atoms with E-state index < -0.39 is 20.6 Å². The first kappa shape index (κ1) is 13.1. The van der Waals surface area contributed by atoms with Crippen LogP contribution in [-0.2, 0) is 9.84 Å². The molecule has 1 aromatic carbocycles. The van der Waals surface area contributed by atoms with Gasteiger partial charge in [0, 0.05) is 0 Å². The van der Waals surface area contributed by atoms with Gasteiger partial charge in [-0.25, -0.2) is 12.8 Å². The molecule has 0 unspecified atom stereocenters.